The molecule has 5 nitrogen and oxygen atoms in total. The quantitative estimate of drug-likeness (QED) is 0.452. The molecular weight excluding hydrogens is 363 g/mol. The lowest BCUT2D eigenvalue weighted by atomic mass is 10.1. The molecule has 0 saturated carbocycles. The molecule has 144 valence electrons. The normalized spacial score (nSPS) is 16.3. The van der Waals surface area contributed by atoms with Crippen LogP contribution in [0.4, 0.5) is 0 Å². The molecule has 1 aliphatic heterocycles. The first-order chi connectivity index (χ1) is 11.1. The maximum absolute atomic E-state index is 10.2. The molecule has 2 rings (SSSR count). The predicted octanol–water partition coefficient (Wildman–Crippen LogP) is -4.58. The molecule has 1 N–H and O–H groups in total. The monoisotopic (exact) mass is 390 g/mol. The summed E-state index contributed by atoms with van der Waals surface area (Å²) < 4.78 is 11.1. The standard InChI is InChI=1S/C18H28N2O3.2ClH/c1-4-5-15-6-7-17(18(12-15)22-3)23-14-16(21)13-20-10-8-19(2)9-11-20;;/h4,6-7,12,16,21H,1,5,8-11,13-14H2,2-3H3;2*1H/p-2. The fraction of sp³-hybridized carbons (Fsp3) is 0.556. The van der Waals surface area contributed by atoms with Crippen molar-refractivity contribution >= 4 is 0 Å². The van der Waals surface area contributed by atoms with Crippen molar-refractivity contribution in [1.29, 1.82) is 0 Å². The summed E-state index contributed by atoms with van der Waals surface area (Å²) in [4.78, 5) is 4.58. The summed E-state index contributed by atoms with van der Waals surface area (Å²) in [6.07, 6.45) is 2.15. The number of likely N-dealkylation sites (N-methyl/N-ethyl adjacent to an activating group) is 1. The lowest BCUT2D eigenvalue weighted by Crippen LogP contribution is -3.00. The minimum Gasteiger partial charge on any atom is -1.00 e. The van der Waals surface area contributed by atoms with Crippen LogP contribution in [-0.2, 0) is 6.42 Å². The van der Waals surface area contributed by atoms with Crippen LogP contribution in [-0.4, -0.2) is 74.5 Å². The average Bonchev–Trinajstić information content (AvgIpc) is 2.56. The van der Waals surface area contributed by atoms with Gasteiger partial charge in [0.05, 0.1) is 7.11 Å². The Bertz CT molecular complexity index is 509. The minimum absolute atomic E-state index is 0. The molecule has 7 heteroatoms. The zero-order chi connectivity index (χ0) is 16.7. The molecule has 0 radical (unpaired) electrons. The molecule has 1 atom stereocenters. The van der Waals surface area contributed by atoms with Gasteiger partial charge in [-0.3, -0.25) is 4.90 Å². The van der Waals surface area contributed by atoms with Gasteiger partial charge >= 0.3 is 0 Å². The second kappa shape index (κ2) is 12.4. The lowest BCUT2D eigenvalue weighted by molar-refractivity contribution is -0.001000. The lowest BCUT2D eigenvalue weighted by Gasteiger charge is -2.33. The number of piperazine rings is 1. The molecule has 1 fully saturated rings. The average molecular weight is 391 g/mol. The number of aliphatic hydroxyl groups excluding tert-OH is 1. The van der Waals surface area contributed by atoms with Gasteiger partial charge in [-0.05, 0) is 31.2 Å². The van der Waals surface area contributed by atoms with E-state index in [0.717, 1.165) is 38.2 Å². The maximum Gasteiger partial charge on any atom is 0.161 e. The van der Waals surface area contributed by atoms with Crippen LogP contribution >= 0.6 is 0 Å². The van der Waals surface area contributed by atoms with Crippen molar-refractivity contribution in [3.8, 4) is 11.5 Å². The smallest absolute Gasteiger partial charge is 0.161 e. The highest BCUT2D eigenvalue weighted by Gasteiger charge is 2.17. The number of ether oxygens (including phenoxy) is 2. The Labute approximate surface area is 163 Å². The van der Waals surface area contributed by atoms with Crippen LogP contribution in [0, 0.1) is 0 Å². The number of benzene rings is 1. The molecule has 25 heavy (non-hydrogen) atoms. The first kappa shape index (κ1) is 24.0. The van der Waals surface area contributed by atoms with Gasteiger partial charge in [-0.1, -0.05) is 12.1 Å². The molecule has 0 bridgehead atoms. The molecule has 0 amide bonds. The number of rotatable bonds is 8. The Kier molecular flexibility index (Phi) is 11.9. The van der Waals surface area contributed by atoms with Crippen LogP contribution in [0.5, 0.6) is 11.5 Å². The molecule has 0 spiro atoms. The van der Waals surface area contributed by atoms with Crippen LogP contribution in [0.15, 0.2) is 30.9 Å². The zero-order valence-electron chi connectivity index (χ0n) is 15.0. The second-order valence-corrected chi connectivity index (χ2v) is 6.05. The number of β-amino-alcohol motifs (C(OH)–C–C–N with tert-alkyl or cyclic N) is 1. The summed E-state index contributed by atoms with van der Waals surface area (Å²) >= 11 is 0. The Morgan fingerprint density at radius 1 is 1.20 bits per heavy atom. The van der Waals surface area contributed by atoms with E-state index in [1.807, 2.05) is 24.3 Å². The van der Waals surface area contributed by atoms with Crippen molar-refractivity contribution in [3.05, 3.63) is 36.4 Å². The van der Waals surface area contributed by atoms with Crippen molar-refractivity contribution in [1.82, 2.24) is 9.80 Å². The number of hydrogen-bond donors (Lipinski definition) is 1. The molecule has 1 unspecified atom stereocenters. The zero-order valence-corrected chi connectivity index (χ0v) is 16.5. The highest BCUT2D eigenvalue weighted by atomic mass is 35.5. The van der Waals surface area contributed by atoms with E-state index in [2.05, 4.69) is 23.4 Å². The van der Waals surface area contributed by atoms with Crippen LogP contribution in [0.1, 0.15) is 5.56 Å². The molecule has 1 saturated heterocycles. The largest absolute Gasteiger partial charge is 1.00 e. The van der Waals surface area contributed by atoms with Gasteiger partial charge in [0.1, 0.15) is 12.7 Å². The van der Waals surface area contributed by atoms with Crippen molar-refractivity contribution < 1.29 is 39.4 Å². The van der Waals surface area contributed by atoms with Gasteiger partial charge in [-0.15, -0.1) is 6.58 Å². The fourth-order valence-electron chi connectivity index (χ4n) is 2.69. The van der Waals surface area contributed by atoms with E-state index in [0.29, 0.717) is 18.0 Å². The summed E-state index contributed by atoms with van der Waals surface area (Å²) in [5.74, 6) is 1.36. The van der Waals surface area contributed by atoms with E-state index in [9.17, 15) is 5.11 Å². The van der Waals surface area contributed by atoms with E-state index >= 15 is 0 Å². The van der Waals surface area contributed by atoms with Crippen LogP contribution in [0.2, 0.25) is 0 Å². The topological polar surface area (TPSA) is 45.2 Å². The summed E-state index contributed by atoms with van der Waals surface area (Å²) in [6, 6.07) is 5.83. The first-order valence-electron chi connectivity index (χ1n) is 8.12. The number of aliphatic hydroxyl groups is 1. The van der Waals surface area contributed by atoms with Crippen LogP contribution in [0.3, 0.4) is 0 Å². The molecule has 1 aromatic rings. The van der Waals surface area contributed by atoms with Gasteiger partial charge in [0.15, 0.2) is 11.5 Å². The first-order valence-corrected chi connectivity index (χ1v) is 8.12. The van der Waals surface area contributed by atoms with Crippen molar-refractivity contribution in [3.63, 3.8) is 0 Å². The Morgan fingerprint density at radius 2 is 1.88 bits per heavy atom. The van der Waals surface area contributed by atoms with Gasteiger partial charge in [-0.2, -0.15) is 0 Å². The number of allylic oxidation sites excluding steroid dienone is 1. The van der Waals surface area contributed by atoms with E-state index in [1.165, 1.54) is 0 Å². The third kappa shape index (κ3) is 7.84. The minimum atomic E-state index is -0.504. The van der Waals surface area contributed by atoms with Crippen LogP contribution in [0.25, 0.3) is 0 Å². The van der Waals surface area contributed by atoms with E-state index in [-0.39, 0.29) is 31.4 Å². The molecule has 0 aliphatic carbocycles. The molecule has 1 heterocycles. The molecule has 0 aromatic heterocycles. The van der Waals surface area contributed by atoms with Gasteiger partial charge < -0.3 is 44.3 Å². The third-order valence-corrected chi connectivity index (χ3v) is 4.10. The fourth-order valence-corrected chi connectivity index (χ4v) is 2.69. The maximum atomic E-state index is 10.2. The number of halogens is 2. The summed E-state index contributed by atoms with van der Waals surface area (Å²) in [7, 11) is 3.75. The van der Waals surface area contributed by atoms with E-state index in [1.54, 1.807) is 7.11 Å². The molecule has 1 aliphatic rings. The van der Waals surface area contributed by atoms with Gasteiger partial charge in [0.25, 0.3) is 0 Å². The highest BCUT2D eigenvalue weighted by molar-refractivity contribution is 5.43. The van der Waals surface area contributed by atoms with E-state index < -0.39 is 6.10 Å². The Hall–Kier alpha value is -0.980. The number of hydrogen-bond acceptors (Lipinski definition) is 5. The van der Waals surface area contributed by atoms with E-state index in [4.69, 9.17) is 9.47 Å². The Balaban J connectivity index is 0.00000288. The van der Waals surface area contributed by atoms with Gasteiger partial charge in [0.2, 0.25) is 0 Å². The van der Waals surface area contributed by atoms with Gasteiger partial charge in [-0.25, -0.2) is 0 Å². The number of methoxy groups -OCH3 is 1. The van der Waals surface area contributed by atoms with Crippen LogP contribution < -0.4 is 34.3 Å². The Morgan fingerprint density at radius 3 is 2.48 bits per heavy atom. The summed E-state index contributed by atoms with van der Waals surface area (Å²) in [5.41, 5.74) is 1.13. The summed E-state index contributed by atoms with van der Waals surface area (Å²) in [5, 5.41) is 10.2. The SMILES string of the molecule is C=CCc1ccc(OCC(O)CN2CCN(C)CC2)c(OC)c1.[Cl-].[Cl-]. The van der Waals surface area contributed by atoms with Crippen molar-refractivity contribution in [2.45, 2.75) is 12.5 Å². The predicted molar refractivity (Wildman–Crippen MR) is 92.3 cm³/mol. The third-order valence-electron chi connectivity index (χ3n) is 4.10. The number of nitrogens with zero attached hydrogens (tertiary/aromatic N) is 2. The summed E-state index contributed by atoms with van der Waals surface area (Å²) in [6.45, 7) is 8.73. The molecule has 1 aromatic carbocycles. The van der Waals surface area contributed by atoms with Crippen molar-refractivity contribution in [2.24, 2.45) is 0 Å². The second-order valence-electron chi connectivity index (χ2n) is 6.05. The highest BCUT2D eigenvalue weighted by Crippen LogP contribution is 2.28. The van der Waals surface area contributed by atoms with Crippen molar-refractivity contribution in [2.75, 3.05) is 53.5 Å². The van der Waals surface area contributed by atoms with Gasteiger partial charge in [0, 0.05) is 32.7 Å². The molecular formula is C18H28Cl2N2O3-2.